The summed E-state index contributed by atoms with van der Waals surface area (Å²) in [5.41, 5.74) is 0.0867. The fourth-order valence-electron chi connectivity index (χ4n) is 2.69. The summed E-state index contributed by atoms with van der Waals surface area (Å²) < 4.78 is 11.6. The van der Waals surface area contributed by atoms with Gasteiger partial charge in [0.15, 0.2) is 0 Å². The molecule has 0 aromatic rings. The number of esters is 1. The molecular weight excluding hydrogens is 304 g/mol. The van der Waals surface area contributed by atoms with E-state index in [1.807, 2.05) is 32.1 Å². The minimum absolute atomic E-state index is 0.387. The monoisotopic (exact) mass is 334 g/mol. The number of hydrogen-bond donors (Lipinski definition) is 1. The Morgan fingerprint density at radius 3 is 2.50 bits per heavy atom. The lowest BCUT2D eigenvalue weighted by atomic mass is 9.83. The van der Waals surface area contributed by atoms with Crippen LogP contribution in [0.1, 0.15) is 48.0 Å². The van der Waals surface area contributed by atoms with Crippen LogP contribution < -0.4 is 0 Å². The molecule has 24 heavy (non-hydrogen) atoms. The van der Waals surface area contributed by atoms with E-state index in [1.165, 1.54) is 0 Å². The van der Waals surface area contributed by atoms with Crippen LogP contribution in [0.15, 0.2) is 48.1 Å². The van der Waals surface area contributed by atoms with Gasteiger partial charge in [0.1, 0.15) is 12.2 Å². The highest BCUT2D eigenvalue weighted by Crippen LogP contribution is 2.38. The molecule has 134 valence electrons. The Hall–Kier alpha value is -1.65. The Morgan fingerprint density at radius 2 is 1.96 bits per heavy atom. The van der Waals surface area contributed by atoms with E-state index < -0.39 is 29.4 Å². The first-order valence-electron chi connectivity index (χ1n) is 8.25. The molecule has 1 aliphatic heterocycles. The van der Waals surface area contributed by atoms with Crippen LogP contribution in [0.5, 0.6) is 0 Å². The van der Waals surface area contributed by atoms with Crippen molar-refractivity contribution in [2.45, 2.75) is 71.4 Å². The van der Waals surface area contributed by atoms with E-state index >= 15 is 0 Å². The molecule has 4 nitrogen and oxygen atoms in total. The number of aliphatic hydroxyl groups is 1. The van der Waals surface area contributed by atoms with E-state index in [0.29, 0.717) is 12.0 Å². The third kappa shape index (κ3) is 5.18. The number of carbonyl (C=O) groups is 1. The van der Waals surface area contributed by atoms with Gasteiger partial charge >= 0.3 is 5.97 Å². The number of allylic oxidation sites excluding steroid dienone is 5. The molecule has 0 saturated carbocycles. The standard InChI is InChI=1S/C20H30O4/c1-8-14(3)11-10-12-20(7)13-16(17(21)19(5,6)24-20)23-18(22)15(4)9-2/h8-12,16-17,21H,1,13H2,2-7H3/b12-10+,14-11-,15-9-/t16-,17+,20+/m1/s1. The first-order valence-corrected chi connectivity index (χ1v) is 8.25. The zero-order valence-corrected chi connectivity index (χ0v) is 15.6. The van der Waals surface area contributed by atoms with Crippen LogP contribution in [0, 0.1) is 0 Å². The Morgan fingerprint density at radius 1 is 1.33 bits per heavy atom. The van der Waals surface area contributed by atoms with E-state index in [4.69, 9.17) is 9.47 Å². The molecule has 1 N–H and O–H groups in total. The Kier molecular flexibility index (Phi) is 6.76. The normalized spacial score (nSPS) is 31.1. The van der Waals surface area contributed by atoms with Gasteiger partial charge in [-0.2, -0.15) is 0 Å². The molecule has 3 atom stereocenters. The SMILES string of the molecule is C=C/C(C)=C\C=C\[C@@]1(C)C[C@@H](OC(=O)/C(C)=C\C)[C@H](O)C(C)(C)O1. The summed E-state index contributed by atoms with van der Waals surface area (Å²) in [6.07, 6.45) is 8.10. The van der Waals surface area contributed by atoms with Gasteiger partial charge in [0, 0.05) is 12.0 Å². The maximum Gasteiger partial charge on any atom is 0.333 e. The summed E-state index contributed by atoms with van der Waals surface area (Å²) in [7, 11) is 0. The van der Waals surface area contributed by atoms with Crippen molar-refractivity contribution in [2.24, 2.45) is 0 Å². The van der Waals surface area contributed by atoms with Crippen molar-refractivity contribution in [2.75, 3.05) is 0 Å². The number of carbonyl (C=O) groups excluding carboxylic acids is 1. The Balaban J connectivity index is 3.01. The summed E-state index contributed by atoms with van der Waals surface area (Å²) >= 11 is 0. The Labute approximate surface area is 145 Å². The van der Waals surface area contributed by atoms with Crippen LogP contribution in [0.4, 0.5) is 0 Å². The minimum atomic E-state index is -0.891. The number of ether oxygens (including phenoxy) is 2. The van der Waals surface area contributed by atoms with Crippen molar-refractivity contribution in [3.8, 4) is 0 Å². The maximum atomic E-state index is 12.1. The van der Waals surface area contributed by atoms with Crippen LogP contribution in [0.2, 0.25) is 0 Å². The molecule has 0 spiro atoms. The van der Waals surface area contributed by atoms with E-state index in [1.54, 1.807) is 39.8 Å². The molecule has 1 aliphatic rings. The molecule has 1 heterocycles. The third-order valence-electron chi connectivity index (χ3n) is 4.31. The molecule has 0 bridgehead atoms. The molecule has 0 amide bonds. The highest BCUT2D eigenvalue weighted by atomic mass is 16.6. The quantitative estimate of drug-likeness (QED) is 0.471. The second-order valence-corrected chi connectivity index (χ2v) is 7.06. The predicted octanol–water partition coefficient (Wildman–Crippen LogP) is 3.87. The lowest BCUT2D eigenvalue weighted by molar-refractivity contribution is -0.239. The third-order valence-corrected chi connectivity index (χ3v) is 4.31. The average molecular weight is 334 g/mol. The van der Waals surface area contributed by atoms with Crippen molar-refractivity contribution in [3.05, 3.63) is 48.1 Å². The first kappa shape index (κ1) is 20.4. The van der Waals surface area contributed by atoms with Crippen LogP contribution in [0.3, 0.4) is 0 Å². The summed E-state index contributed by atoms with van der Waals surface area (Å²) in [5, 5.41) is 10.5. The lowest BCUT2D eigenvalue weighted by Gasteiger charge is -2.48. The molecule has 0 aliphatic carbocycles. The first-order chi connectivity index (χ1) is 11.0. The zero-order valence-electron chi connectivity index (χ0n) is 15.6. The molecule has 0 radical (unpaired) electrons. The van der Waals surface area contributed by atoms with Gasteiger partial charge in [-0.05, 0) is 41.5 Å². The van der Waals surface area contributed by atoms with Crippen LogP contribution in [-0.4, -0.2) is 34.5 Å². The highest BCUT2D eigenvalue weighted by Gasteiger charge is 2.49. The van der Waals surface area contributed by atoms with Gasteiger partial charge in [0.2, 0.25) is 0 Å². The van der Waals surface area contributed by atoms with E-state index in [0.717, 1.165) is 5.57 Å². The number of rotatable bonds is 5. The molecule has 0 aromatic heterocycles. The minimum Gasteiger partial charge on any atom is -0.456 e. The van der Waals surface area contributed by atoms with Gasteiger partial charge in [-0.1, -0.05) is 42.5 Å². The molecule has 0 unspecified atom stereocenters. The van der Waals surface area contributed by atoms with Crippen molar-refractivity contribution in [1.82, 2.24) is 0 Å². The van der Waals surface area contributed by atoms with Gasteiger partial charge in [0.05, 0.1) is 11.2 Å². The summed E-state index contributed by atoms with van der Waals surface area (Å²) in [6, 6.07) is 0. The van der Waals surface area contributed by atoms with Crippen LogP contribution in [-0.2, 0) is 14.3 Å². The number of hydrogen-bond acceptors (Lipinski definition) is 4. The van der Waals surface area contributed by atoms with Crippen molar-refractivity contribution >= 4 is 5.97 Å². The van der Waals surface area contributed by atoms with Crippen LogP contribution in [0.25, 0.3) is 0 Å². The van der Waals surface area contributed by atoms with Crippen molar-refractivity contribution in [1.29, 1.82) is 0 Å². The van der Waals surface area contributed by atoms with Crippen molar-refractivity contribution in [3.63, 3.8) is 0 Å². The molecule has 1 rings (SSSR count). The van der Waals surface area contributed by atoms with Crippen molar-refractivity contribution < 1.29 is 19.4 Å². The second-order valence-electron chi connectivity index (χ2n) is 7.06. The second kappa shape index (κ2) is 7.95. The van der Waals surface area contributed by atoms with E-state index in [-0.39, 0.29) is 0 Å². The van der Waals surface area contributed by atoms with Gasteiger partial charge in [-0.3, -0.25) is 0 Å². The topological polar surface area (TPSA) is 55.8 Å². The maximum absolute atomic E-state index is 12.1. The van der Waals surface area contributed by atoms with Gasteiger partial charge in [-0.15, -0.1) is 0 Å². The average Bonchev–Trinajstić information content (AvgIpc) is 2.50. The summed E-state index contributed by atoms with van der Waals surface area (Å²) in [4.78, 5) is 12.1. The largest absolute Gasteiger partial charge is 0.456 e. The highest BCUT2D eigenvalue weighted by molar-refractivity contribution is 5.87. The summed E-state index contributed by atoms with van der Waals surface area (Å²) in [6.45, 7) is 14.7. The van der Waals surface area contributed by atoms with Gasteiger partial charge in [0.25, 0.3) is 0 Å². The van der Waals surface area contributed by atoms with Gasteiger partial charge in [-0.25, -0.2) is 4.79 Å². The molecule has 4 heteroatoms. The smallest absolute Gasteiger partial charge is 0.333 e. The van der Waals surface area contributed by atoms with Gasteiger partial charge < -0.3 is 14.6 Å². The fourth-order valence-corrected chi connectivity index (χ4v) is 2.69. The molecular formula is C20H30O4. The number of aliphatic hydroxyl groups excluding tert-OH is 1. The summed E-state index contributed by atoms with van der Waals surface area (Å²) in [5.74, 6) is -0.409. The molecule has 1 fully saturated rings. The Bertz CT molecular complexity index is 568. The lowest BCUT2D eigenvalue weighted by Crippen LogP contribution is -2.59. The predicted molar refractivity (Wildman–Crippen MR) is 96.6 cm³/mol. The molecule has 0 aromatic carbocycles. The zero-order chi connectivity index (χ0) is 18.5. The van der Waals surface area contributed by atoms with E-state index in [9.17, 15) is 9.90 Å². The van der Waals surface area contributed by atoms with Crippen LogP contribution >= 0.6 is 0 Å². The fraction of sp³-hybridized carbons (Fsp3) is 0.550. The molecule has 1 saturated heterocycles. The van der Waals surface area contributed by atoms with E-state index in [2.05, 4.69) is 6.58 Å².